The van der Waals surface area contributed by atoms with Gasteiger partial charge in [0.05, 0.1) is 23.3 Å². The Morgan fingerprint density at radius 2 is 1.90 bits per heavy atom. The van der Waals surface area contributed by atoms with E-state index in [0.29, 0.717) is 10.7 Å². The lowest BCUT2D eigenvalue weighted by atomic mass is 10.1. The third-order valence-corrected chi connectivity index (χ3v) is 6.34. The van der Waals surface area contributed by atoms with Crippen molar-refractivity contribution < 1.29 is 13.2 Å². The van der Waals surface area contributed by atoms with E-state index >= 15 is 0 Å². The molecule has 0 aliphatic rings. The quantitative estimate of drug-likeness (QED) is 0.415. The number of sulfonamides is 1. The molecule has 7 nitrogen and oxygen atoms in total. The van der Waals surface area contributed by atoms with Crippen LogP contribution in [0, 0.1) is 6.92 Å². The summed E-state index contributed by atoms with van der Waals surface area (Å²) in [7, 11) is -3.95. The van der Waals surface area contributed by atoms with Crippen LogP contribution in [-0.2, 0) is 21.4 Å². The summed E-state index contributed by atoms with van der Waals surface area (Å²) in [5.74, 6) is -0.572. The van der Waals surface area contributed by atoms with Crippen LogP contribution in [0.25, 0.3) is 0 Å². The standard InChI is InChI=1S/C22H21ClN4O3S/c1-17-5-4-6-18(13-17)15-27(31(29,30)21-10-8-19(23)9-11-21)16-22(28)26-25-14-20-7-2-3-12-24-20/h2-14H,15-16H2,1H3,(H,26,28)/b25-14-. The lowest BCUT2D eigenvalue weighted by molar-refractivity contribution is -0.121. The van der Waals surface area contributed by atoms with E-state index < -0.39 is 22.5 Å². The molecular weight excluding hydrogens is 436 g/mol. The Bertz CT molecular complexity index is 1170. The molecule has 1 amide bonds. The summed E-state index contributed by atoms with van der Waals surface area (Å²) < 4.78 is 27.5. The summed E-state index contributed by atoms with van der Waals surface area (Å²) in [6, 6.07) is 18.6. The fraction of sp³-hybridized carbons (Fsp3) is 0.136. The second kappa shape index (κ2) is 10.3. The van der Waals surface area contributed by atoms with Crippen LogP contribution < -0.4 is 5.43 Å². The van der Waals surface area contributed by atoms with Crippen molar-refractivity contribution in [3.05, 3.63) is 94.8 Å². The van der Waals surface area contributed by atoms with Gasteiger partial charge < -0.3 is 0 Å². The first-order chi connectivity index (χ1) is 14.8. The SMILES string of the molecule is Cc1cccc(CN(CC(=O)N/N=C\c2ccccn2)S(=O)(=O)c2ccc(Cl)cc2)c1. The zero-order valence-corrected chi connectivity index (χ0v) is 18.3. The largest absolute Gasteiger partial charge is 0.272 e. The van der Waals surface area contributed by atoms with Crippen molar-refractivity contribution in [2.24, 2.45) is 5.10 Å². The van der Waals surface area contributed by atoms with Crippen molar-refractivity contribution in [1.82, 2.24) is 14.7 Å². The minimum absolute atomic E-state index is 0.0318. The zero-order chi connectivity index (χ0) is 22.3. The molecular formula is C22H21ClN4O3S. The van der Waals surface area contributed by atoms with Crippen LogP contribution in [0.4, 0.5) is 0 Å². The molecule has 3 aromatic rings. The van der Waals surface area contributed by atoms with Gasteiger partial charge in [-0.25, -0.2) is 13.8 Å². The van der Waals surface area contributed by atoms with Crippen molar-refractivity contribution in [1.29, 1.82) is 0 Å². The van der Waals surface area contributed by atoms with Crippen molar-refractivity contribution in [2.75, 3.05) is 6.54 Å². The van der Waals surface area contributed by atoms with Gasteiger partial charge in [0.15, 0.2) is 0 Å². The molecule has 0 bridgehead atoms. The molecule has 0 aliphatic carbocycles. The first kappa shape index (κ1) is 22.6. The highest BCUT2D eigenvalue weighted by atomic mass is 35.5. The number of nitrogens with zero attached hydrogens (tertiary/aromatic N) is 3. The molecule has 9 heteroatoms. The number of aryl methyl sites for hydroxylation is 1. The van der Waals surface area contributed by atoms with Crippen LogP contribution in [0.15, 0.2) is 82.9 Å². The van der Waals surface area contributed by atoms with E-state index in [2.05, 4.69) is 15.5 Å². The van der Waals surface area contributed by atoms with E-state index in [1.54, 1.807) is 24.4 Å². The summed E-state index contributed by atoms with van der Waals surface area (Å²) in [6.45, 7) is 1.54. The van der Waals surface area contributed by atoms with Gasteiger partial charge in [0.1, 0.15) is 0 Å². The van der Waals surface area contributed by atoms with E-state index in [1.807, 2.05) is 31.2 Å². The Hall–Kier alpha value is -3.07. The number of aromatic nitrogens is 1. The molecule has 0 atom stereocenters. The summed E-state index contributed by atoms with van der Waals surface area (Å²) in [4.78, 5) is 16.6. The fourth-order valence-electron chi connectivity index (χ4n) is 2.81. The first-order valence-corrected chi connectivity index (χ1v) is 11.2. The Morgan fingerprint density at radius 1 is 1.13 bits per heavy atom. The van der Waals surface area contributed by atoms with Gasteiger partial charge in [0.2, 0.25) is 10.0 Å². The predicted molar refractivity (Wildman–Crippen MR) is 120 cm³/mol. The van der Waals surface area contributed by atoms with Crippen LogP contribution >= 0.6 is 11.6 Å². The Kier molecular flexibility index (Phi) is 7.51. The smallest absolute Gasteiger partial charge is 0.255 e. The van der Waals surface area contributed by atoms with E-state index in [4.69, 9.17) is 11.6 Å². The van der Waals surface area contributed by atoms with Gasteiger partial charge in [-0.2, -0.15) is 9.41 Å². The molecule has 0 fully saturated rings. The number of hydrazone groups is 1. The minimum Gasteiger partial charge on any atom is -0.272 e. The highest BCUT2D eigenvalue weighted by Crippen LogP contribution is 2.20. The molecule has 160 valence electrons. The predicted octanol–water partition coefficient (Wildman–Crippen LogP) is 3.38. The van der Waals surface area contributed by atoms with Gasteiger partial charge in [-0.1, -0.05) is 47.5 Å². The highest BCUT2D eigenvalue weighted by Gasteiger charge is 2.27. The van der Waals surface area contributed by atoms with Crippen LogP contribution in [0.1, 0.15) is 16.8 Å². The summed E-state index contributed by atoms with van der Waals surface area (Å²) in [6.07, 6.45) is 2.99. The maximum atomic E-state index is 13.2. The molecule has 31 heavy (non-hydrogen) atoms. The van der Waals surface area contributed by atoms with Gasteiger partial charge in [0, 0.05) is 17.8 Å². The number of hydrogen-bond acceptors (Lipinski definition) is 5. The number of benzene rings is 2. The normalized spacial score (nSPS) is 11.7. The number of carbonyl (C=O) groups is 1. The number of hydrogen-bond donors (Lipinski definition) is 1. The second-order valence-corrected chi connectivity index (χ2v) is 9.14. The summed E-state index contributed by atoms with van der Waals surface area (Å²) in [5.41, 5.74) is 4.68. The third-order valence-electron chi connectivity index (χ3n) is 4.29. The van der Waals surface area contributed by atoms with E-state index in [-0.39, 0.29) is 11.4 Å². The van der Waals surface area contributed by atoms with Crippen LogP contribution in [-0.4, -0.2) is 36.4 Å². The molecule has 0 radical (unpaired) electrons. The van der Waals surface area contributed by atoms with Crippen molar-refractivity contribution in [3.8, 4) is 0 Å². The Balaban J connectivity index is 1.80. The molecule has 2 aromatic carbocycles. The van der Waals surface area contributed by atoms with Crippen LogP contribution in [0.5, 0.6) is 0 Å². The molecule has 1 aromatic heterocycles. The topological polar surface area (TPSA) is 91.7 Å². The third kappa shape index (κ3) is 6.45. The van der Waals surface area contributed by atoms with Crippen molar-refractivity contribution >= 4 is 33.7 Å². The number of amides is 1. The lowest BCUT2D eigenvalue weighted by Gasteiger charge is -2.21. The highest BCUT2D eigenvalue weighted by molar-refractivity contribution is 7.89. The molecule has 0 saturated carbocycles. The molecule has 3 rings (SSSR count). The number of nitrogens with one attached hydrogen (secondary N) is 1. The maximum Gasteiger partial charge on any atom is 0.255 e. The van der Waals surface area contributed by atoms with E-state index in [0.717, 1.165) is 15.4 Å². The molecule has 0 aliphatic heterocycles. The monoisotopic (exact) mass is 456 g/mol. The van der Waals surface area contributed by atoms with Gasteiger partial charge in [0.25, 0.3) is 5.91 Å². The molecule has 0 saturated heterocycles. The van der Waals surface area contributed by atoms with Crippen LogP contribution in [0.3, 0.4) is 0 Å². The van der Waals surface area contributed by atoms with E-state index in [9.17, 15) is 13.2 Å². The average Bonchev–Trinajstić information content (AvgIpc) is 2.74. The summed E-state index contributed by atoms with van der Waals surface area (Å²) in [5, 5.41) is 4.28. The van der Waals surface area contributed by atoms with Gasteiger partial charge in [-0.3, -0.25) is 9.78 Å². The number of halogens is 1. The first-order valence-electron chi connectivity index (χ1n) is 9.39. The van der Waals surface area contributed by atoms with Gasteiger partial charge >= 0.3 is 0 Å². The Labute approximate surface area is 186 Å². The van der Waals surface area contributed by atoms with Crippen molar-refractivity contribution in [2.45, 2.75) is 18.4 Å². The second-order valence-electron chi connectivity index (χ2n) is 6.76. The van der Waals surface area contributed by atoms with E-state index in [1.165, 1.54) is 30.5 Å². The van der Waals surface area contributed by atoms with Gasteiger partial charge in [-0.05, 0) is 48.9 Å². The van der Waals surface area contributed by atoms with Gasteiger partial charge in [-0.15, -0.1) is 0 Å². The Morgan fingerprint density at radius 3 is 2.58 bits per heavy atom. The molecule has 0 unspecified atom stereocenters. The summed E-state index contributed by atoms with van der Waals surface area (Å²) >= 11 is 5.89. The van der Waals surface area contributed by atoms with Crippen molar-refractivity contribution in [3.63, 3.8) is 0 Å². The number of carbonyl (C=O) groups excluding carboxylic acids is 1. The lowest BCUT2D eigenvalue weighted by Crippen LogP contribution is -2.39. The molecule has 0 spiro atoms. The average molecular weight is 457 g/mol. The minimum atomic E-state index is -3.95. The van der Waals surface area contributed by atoms with Crippen LogP contribution in [0.2, 0.25) is 5.02 Å². The maximum absolute atomic E-state index is 13.2. The number of pyridine rings is 1. The number of rotatable bonds is 8. The fourth-order valence-corrected chi connectivity index (χ4v) is 4.32. The molecule has 1 heterocycles. The zero-order valence-electron chi connectivity index (χ0n) is 16.8. The molecule has 1 N–H and O–H groups in total.